The number of nitrogens with two attached hydrogens (primary N) is 1. The average molecular weight is 242 g/mol. The summed E-state index contributed by atoms with van der Waals surface area (Å²) in [6.45, 7) is 3.30. The zero-order chi connectivity index (χ0) is 13.7. The largest absolute Gasteiger partial charge is 0.480 e. The molecule has 0 aromatic rings. The molecule has 0 fully saturated rings. The lowest BCUT2D eigenvalue weighted by atomic mass is 10.1. The van der Waals surface area contributed by atoms with Gasteiger partial charge in [-0.1, -0.05) is 13.8 Å². The fraction of sp³-hybridized carbons (Fsp3) is 0.857. The van der Waals surface area contributed by atoms with Crippen LogP contribution in [0.5, 0.6) is 0 Å². The topological polar surface area (TPSA) is 167 Å². The third kappa shape index (κ3) is 29.4. The molecular formula is C7H18N2O7. The van der Waals surface area contributed by atoms with Gasteiger partial charge in [0.2, 0.25) is 0 Å². The molecule has 0 aliphatic rings. The summed E-state index contributed by atoms with van der Waals surface area (Å²) < 4.78 is 0. The van der Waals surface area contributed by atoms with E-state index in [0.29, 0.717) is 0 Å². The number of hydrogen-bond donors (Lipinski definition) is 5. The van der Waals surface area contributed by atoms with Gasteiger partial charge in [-0.15, -0.1) is 10.1 Å². The average Bonchev–Trinajstić information content (AvgIpc) is 2.15. The Hall–Kier alpha value is -1.45. The van der Waals surface area contributed by atoms with Crippen molar-refractivity contribution in [2.45, 2.75) is 19.9 Å². The highest BCUT2D eigenvalue weighted by atomic mass is 16.9. The number of carboxylic acid groups (broad SMARTS) is 1. The maximum absolute atomic E-state index is 10.0. The molecule has 1 atom stereocenters. The summed E-state index contributed by atoms with van der Waals surface area (Å²) in [5.41, 5.74) is 5.16. The minimum Gasteiger partial charge on any atom is -0.480 e. The number of hydrogen-bond acceptors (Lipinski definition) is 6. The fourth-order valence-corrected chi connectivity index (χ4v) is 0.285. The summed E-state index contributed by atoms with van der Waals surface area (Å²) in [6, 6.07) is -0.713. The second-order valence-electron chi connectivity index (χ2n) is 2.79. The van der Waals surface area contributed by atoms with Gasteiger partial charge in [0.15, 0.2) is 0 Å². The Morgan fingerprint density at radius 1 is 1.38 bits per heavy atom. The van der Waals surface area contributed by atoms with Crippen molar-refractivity contribution in [3.63, 3.8) is 0 Å². The van der Waals surface area contributed by atoms with Gasteiger partial charge in [-0.3, -0.25) is 4.79 Å². The highest BCUT2D eigenvalue weighted by Crippen LogP contribution is 1.96. The Labute approximate surface area is 92.2 Å². The highest BCUT2D eigenvalue weighted by Gasteiger charge is 2.14. The fourth-order valence-electron chi connectivity index (χ4n) is 0.285. The summed E-state index contributed by atoms with van der Waals surface area (Å²) in [6.07, 6.45) is 0. The molecule has 9 nitrogen and oxygen atoms in total. The molecular weight excluding hydrogens is 224 g/mol. The van der Waals surface area contributed by atoms with Crippen LogP contribution < -0.4 is 5.73 Å². The summed E-state index contributed by atoms with van der Waals surface area (Å²) in [7, 11) is 0. The molecule has 0 aromatic carbocycles. The van der Waals surface area contributed by atoms with Crippen LogP contribution in [-0.4, -0.2) is 50.8 Å². The monoisotopic (exact) mass is 242 g/mol. The predicted molar refractivity (Wildman–Crippen MR) is 53.4 cm³/mol. The molecule has 0 aromatic heterocycles. The van der Waals surface area contributed by atoms with E-state index in [4.69, 9.17) is 36.4 Å². The van der Waals surface area contributed by atoms with Gasteiger partial charge < -0.3 is 26.3 Å². The lowest BCUT2D eigenvalue weighted by molar-refractivity contribution is -0.742. The number of aliphatic carboxylic acids is 1. The molecule has 0 saturated heterocycles. The summed E-state index contributed by atoms with van der Waals surface area (Å²) >= 11 is 0. The maximum Gasteiger partial charge on any atom is 0.320 e. The summed E-state index contributed by atoms with van der Waals surface area (Å²) in [5.74, 6) is -0.910. The quantitative estimate of drug-likeness (QED) is 0.300. The third-order valence-electron chi connectivity index (χ3n) is 1.10. The minimum atomic E-state index is -1.50. The second-order valence-corrected chi connectivity index (χ2v) is 2.79. The maximum atomic E-state index is 10.0. The number of rotatable bonds is 3. The number of carboxylic acids is 1. The van der Waals surface area contributed by atoms with E-state index in [0.717, 1.165) is 0 Å². The molecule has 98 valence electrons. The van der Waals surface area contributed by atoms with Gasteiger partial charge in [0.05, 0.1) is 13.2 Å². The van der Waals surface area contributed by atoms with Crippen LogP contribution in [0.2, 0.25) is 0 Å². The normalized spacial score (nSPS) is 10.4. The molecule has 6 N–H and O–H groups in total. The van der Waals surface area contributed by atoms with Crippen molar-refractivity contribution >= 4 is 5.97 Å². The first kappa shape index (κ1) is 20.0. The van der Waals surface area contributed by atoms with Crippen molar-refractivity contribution in [2.75, 3.05) is 13.2 Å². The van der Waals surface area contributed by atoms with Gasteiger partial charge in [0, 0.05) is 0 Å². The Morgan fingerprint density at radius 3 is 1.62 bits per heavy atom. The van der Waals surface area contributed by atoms with Crippen LogP contribution in [-0.2, 0) is 4.79 Å². The molecule has 0 heterocycles. The Kier molecular flexibility index (Phi) is 17.0. The van der Waals surface area contributed by atoms with Gasteiger partial charge in [-0.2, -0.15) is 0 Å². The summed E-state index contributed by atoms with van der Waals surface area (Å²) in [4.78, 5) is 18.4. The molecule has 0 spiro atoms. The smallest absolute Gasteiger partial charge is 0.320 e. The summed E-state index contributed by atoms with van der Waals surface area (Å²) in [5, 5.41) is 37.1. The van der Waals surface area contributed by atoms with Crippen LogP contribution in [0, 0.1) is 16.0 Å². The lowest BCUT2D eigenvalue weighted by Crippen LogP contribution is -2.34. The number of carbonyl (C=O) groups is 1. The second kappa shape index (κ2) is 13.5. The van der Waals surface area contributed by atoms with E-state index in [1.54, 1.807) is 13.8 Å². The molecule has 0 rings (SSSR count). The van der Waals surface area contributed by atoms with Crippen LogP contribution >= 0.6 is 0 Å². The van der Waals surface area contributed by atoms with E-state index in [-0.39, 0.29) is 19.1 Å². The predicted octanol–water partition coefficient (Wildman–Crippen LogP) is -1.32. The van der Waals surface area contributed by atoms with Crippen molar-refractivity contribution in [2.24, 2.45) is 11.7 Å². The van der Waals surface area contributed by atoms with Crippen LogP contribution in [0.15, 0.2) is 0 Å². The number of aliphatic hydroxyl groups excluding tert-OH is 2. The molecule has 9 heteroatoms. The Morgan fingerprint density at radius 2 is 1.62 bits per heavy atom. The van der Waals surface area contributed by atoms with Gasteiger partial charge in [-0.25, -0.2) is 0 Å². The van der Waals surface area contributed by atoms with Crippen molar-refractivity contribution in [3.8, 4) is 0 Å². The van der Waals surface area contributed by atoms with E-state index >= 15 is 0 Å². The van der Waals surface area contributed by atoms with E-state index in [1.165, 1.54) is 0 Å². The Bertz CT molecular complexity index is 180. The van der Waals surface area contributed by atoms with Crippen LogP contribution in [0.1, 0.15) is 13.8 Å². The first-order valence-corrected chi connectivity index (χ1v) is 4.24. The SMILES string of the molecule is CC(C)[C@H](N)C(=O)O.O=[N+]([O-])O.OCCO. The van der Waals surface area contributed by atoms with Crippen LogP contribution in [0.4, 0.5) is 0 Å². The van der Waals surface area contributed by atoms with E-state index in [9.17, 15) is 4.79 Å². The zero-order valence-electron chi connectivity index (χ0n) is 9.11. The van der Waals surface area contributed by atoms with E-state index in [1.807, 2.05) is 0 Å². The van der Waals surface area contributed by atoms with Gasteiger partial charge >= 0.3 is 5.97 Å². The van der Waals surface area contributed by atoms with Gasteiger partial charge in [-0.05, 0) is 5.92 Å². The molecule has 0 aliphatic carbocycles. The van der Waals surface area contributed by atoms with Crippen LogP contribution in [0.25, 0.3) is 0 Å². The lowest BCUT2D eigenvalue weighted by Gasteiger charge is -2.07. The Balaban J connectivity index is -0.000000179. The minimum absolute atomic E-state index is 0.0208. The van der Waals surface area contributed by atoms with Gasteiger partial charge in [0.1, 0.15) is 6.04 Å². The molecule has 0 amide bonds. The molecule has 0 aliphatic heterocycles. The van der Waals surface area contributed by atoms with E-state index < -0.39 is 17.1 Å². The first-order chi connectivity index (χ1) is 7.20. The number of aliphatic hydroxyl groups is 2. The van der Waals surface area contributed by atoms with Gasteiger partial charge in [0.25, 0.3) is 5.09 Å². The molecule has 0 saturated carbocycles. The highest BCUT2D eigenvalue weighted by molar-refractivity contribution is 5.73. The zero-order valence-corrected chi connectivity index (χ0v) is 9.11. The standard InChI is InChI=1S/C5H11NO2.C2H6O2.HNO3/c1-3(2)4(6)5(7)8;3-1-2-4;2-1(3)4/h3-4H,6H2,1-2H3,(H,7,8);3-4H,1-2H2;(H,2,3,4)/t4-;;/m0../s1. The third-order valence-corrected chi connectivity index (χ3v) is 1.10. The van der Waals surface area contributed by atoms with E-state index in [2.05, 4.69) is 0 Å². The van der Waals surface area contributed by atoms with Crippen LogP contribution in [0.3, 0.4) is 0 Å². The number of nitrogens with zero attached hydrogens (tertiary/aromatic N) is 1. The molecule has 0 unspecified atom stereocenters. The van der Waals surface area contributed by atoms with Crippen molar-refractivity contribution < 1.29 is 30.4 Å². The van der Waals surface area contributed by atoms with Crippen molar-refractivity contribution in [3.05, 3.63) is 10.1 Å². The molecule has 0 radical (unpaired) electrons. The molecule has 16 heavy (non-hydrogen) atoms. The molecule has 0 bridgehead atoms. The van der Waals surface area contributed by atoms with Crippen molar-refractivity contribution in [1.29, 1.82) is 0 Å². The van der Waals surface area contributed by atoms with Crippen molar-refractivity contribution in [1.82, 2.24) is 0 Å². The first-order valence-electron chi connectivity index (χ1n) is 4.24.